The normalized spacial score (nSPS) is 14.4. The number of hydrogen-bond acceptors (Lipinski definition) is 6. The van der Waals surface area contributed by atoms with Crippen molar-refractivity contribution in [3.63, 3.8) is 0 Å². The Bertz CT molecular complexity index is 1340. The first kappa shape index (κ1) is 24.9. The number of carbonyl (C=O) groups excluding carboxylic acids is 2. The second-order valence-corrected chi connectivity index (χ2v) is 8.29. The van der Waals surface area contributed by atoms with Crippen molar-refractivity contribution in [2.75, 3.05) is 32.8 Å². The van der Waals surface area contributed by atoms with E-state index >= 15 is 0 Å². The van der Waals surface area contributed by atoms with Gasteiger partial charge in [-0.25, -0.2) is 0 Å². The molecule has 0 radical (unpaired) electrons. The van der Waals surface area contributed by atoms with Gasteiger partial charge in [0.05, 0.1) is 32.1 Å². The summed E-state index contributed by atoms with van der Waals surface area (Å²) in [6, 6.07) is 19.4. The number of amides is 1. The van der Waals surface area contributed by atoms with Crippen LogP contribution < -0.4 is 19.1 Å². The van der Waals surface area contributed by atoms with Crippen LogP contribution in [0.25, 0.3) is 6.08 Å². The fourth-order valence-corrected chi connectivity index (χ4v) is 4.24. The fraction of sp³-hybridized carbons (Fsp3) is 0.179. The average molecular weight is 503 g/mol. The maximum atomic E-state index is 13.5. The summed E-state index contributed by atoms with van der Waals surface area (Å²) < 4.78 is 16.5. The Morgan fingerprint density at radius 1 is 0.972 bits per heavy atom. The second-order valence-electron chi connectivity index (χ2n) is 7.93. The minimum Gasteiger partial charge on any atom is -0.496 e. The Morgan fingerprint density at radius 3 is 2.25 bits per heavy atom. The summed E-state index contributed by atoms with van der Waals surface area (Å²) in [5.41, 5.74) is 2.40. The van der Waals surface area contributed by atoms with E-state index in [1.165, 1.54) is 19.1 Å². The molecular weight excluding hydrogens is 476 g/mol. The van der Waals surface area contributed by atoms with E-state index in [9.17, 15) is 9.59 Å². The van der Waals surface area contributed by atoms with Gasteiger partial charge in [-0.15, -0.1) is 0 Å². The van der Waals surface area contributed by atoms with Crippen LogP contribution in [0.2, 0.25) is 0 Å². The first-order valence-electron chi connectivity index (χ1n) is 11.3. The Morgan fingerprint density at radius 2 is 1.64 bits per heavy atom. The molecule has 36 heavy (non-hydrogen) atoms. The Labute approximate surface area is 215 Å². The Kier molecular flexibility index (Phi) is 7.36. The van der Waals surface area contributed by atoms with Gasteiger partial charge >= 0.3 is 0 Å². The van der Waals surface area contributed by atoms with E-state index in [1.54, 1.807) is 78.7 Å². The van der Waals surface area contributed by atoms with Crippen LogP contribution in [0.15, 0.2) is 72.4 Å². The summed E-state index contributed by atoms with van der Waals surface area (Å²) >= 11 is 5.59. The first-order valence-corrected chi connectivity index (χ1v) is 11.7. The number of likely N-dealkylation sites (N-methyl/N-ethyl adjacent to an activating group) is 1. The molecule has 1 saturated heterocycles. The van der Waals surface area contributed by atoms with Crippen molar-refractivity contribution >= 4 is 40.8 Å². The van der Waals surface area contributed by atoms with Gasteiger partial charge in [-0.05, 0) is 55.5 Å². The number of hydrogen-bond donors (Lipinski definition) is 0. The number of methoxy groups -OCH3 is 2. The molecule has 184 valence electrons. The van der Waals surface area contributed by atoms with E-state index in [0.717, 1.165) is 0 Å². The van der Waals surface area contributed by atoms with Crippen LogP contribution in [0.1, 0.15) is 28.4 Å². The van der Waals surface area contributed by atoms with E-state index in [-0.39, 0.29) is 11.7 Å². The molecule has 0 spiro atoms. The van der Waals surface area contributed by atoms with Gasteiger partial charge in [0.2, 0.25) is 0 Å². The van der Waals surface area contributed by atoms with Gasteiger partial charge in [-0.2, -0.15) is 0 Å². The molecule has 3 aromatic rings. The van der Waals surface area contributed by atoms with Crippen molar-refractivity contribution in [3.8, 4) is 17.2 Å². The van der Waals surface area contributed by atoms with Gasteiger partial charge in [-0.1, -0.05) is 30.3 Å². The number of carbonyl (C=O) groups is 2. The second kappa shape index (κ2) is 10.6. The molecule has 1 amide bonds. The molecule has 0 saturated carbocycles. The van der Waals surface area contributed by atoms with E-state index in [2.05, 4.69) is 0 Å². The molecule has 7 nitrogen and oxygen atoms in total. The third-order valence-corrected chi connectivity index (χ3v) is 6.25. The van der Waals surface area contributed by atoms with Gasteiger partial charge in [0.1, 0.15) is 22.9 Å². The highest BCUT2D eigenvalue weighted by atomic mass is 32.1. The van der Waals surface area contributed by atoms with Crippen LogP contribution in [0, 0.1) is 0 Å². The predicted octanol–water partition coefficient (Wildman–Crippen LogP) is 4.94. The fourth-order valence-electron chi connectivity index (χ4n) is 3.95. The monoisotopic (exact) mass is 502 g/mol. The molecule has 4 rings (SSSR count). The highest BCUT2D eigenvalue weighted by Gasteiger charge is 2.37. The first-order chi connectivity index (χ1) is 17.4. The van der Waals surface area contributed by atoms with Crippen LogP contribution in [0.4, 0.5) is 5.69 Å². The van der Waals surface area contributed by atoms with Gasteiger partial charge in [-0.3, -0.25) is 14.5 Å². The number of anilines is 1. The van der Waals surface area contributed by atoms with Crippen LogP contribution in [-0.4, -0.2) is 49.6 Å². The van der Waals surface area contributed by atoms with Gasteiger partial charge in [0.15, 0.2) is 10.9 Å². The van der Waals surface area contributed by atoms with Crippen molar-refractivity contribution in [1.29, 1.82) is 0 Å². The summed E-state index contributed by atoms with van der Waals surface area (Å²) in [5.74, 6) is 1.05. The summed E-state index contributed by atoms with van der Waals surface area (Å²) in [5, 5.41) is 0.337. The van der Waals surface area contributed by atoms with Crippen LogP contribution in [0.5, 0.6) is 17.2 Å². The van der Waals surface area contributed by atoms with E-state index in [4.69, 9.17) is 26.4 Å². The number of benzene rings is 3. The highest BCUT2D eigenvalue weighted by Crippen LogP contribution is 2.35. The van der Waals surface area contributed by atoms with E-state index < -0.39 is 0 Å². The van der Waals surface area contributed by atoms with Crippen LogP contribution >= 0.6 is 12.2 Å². The summed E-state index contributed by atoms with van der Waals surface area (Å²) in [4.78, 5) is 29.8. The standard InChI is InChI=1S/C28H26N2O5S/c1-5-35-21-13-11-20(12-14-21)30-27(32)23(29(2)28(30)36)16-19-15-22(25(34-4)17-24(19)33-3)26(31)18-9-7-6-8-10-18/h6-17H,5H2,1-4H3/b23-16-. The number of ether oxygens (including phenoxy) is 3. The molecule has 0 aliphatic carbocycles. The summed E-state index contributed by atoms with van der Waals surface area (Å²) in [7, 11) is 4.75. The quantitative estimate of drug-likeness (QED) is 0.246. The van der Waals surface area contributed by atoms with Gasteiger partial charge in [0.25, 0.3) is 5.91 Å². The molecule has 0 unspecified atom stereocenters. The van der Waals surface area contributed by atoms with Crippen molar-refractivity contribution in [2.24, 2.45) is 0 Å². The number of ketones is 1. The van der Waals surface area contributed by atoms with Crippen LogP contribution in [0.3, 0.4) is 0 Å². The number of thiocarbonyl (C=S) groups is 1. The lowest BCUT2D eigenvalue weighted by Crippen LogP contribution is -2.31. The molecule has 8 heteroatoms. The lowest BCUT2D eigenvalue weighted by Gasteiger charge is -2.17. The molecule has 0 bridgehead atoms. The summed E-state index contributed by atoms with van der Waals surface area (Å²) in [6.07, 6.45) is 1.67. The number of nitrogens with zero attached hydrogens (tertiary/aromatic N) is 2. The molecule has 0 atom stereocenters. The zero-order valence-corrected chi connectivity index (χ0v) is 21.3. The molecule has 1 aliphatic heterocycles. The van der Waals surface area contributed by atoms with Crippen molar-refractivity contribution < 1.29 is 23.8 Å². The van der Waals surface area contributed by atoms with Crippen LogP contribution in [-0.2, 0) is 4.79 Å². The molecule has 1 fully saturated rings. The SMILES string of the molecule is CCOc1ccc(N2C(=O)/C(=C/c3cc(C(=O)c4ccccc4)c(OC)cc3OC)N(C)C2=S)cc1. The number of rotatable bonds is 8. The zero-order chi connectivity index (χ0) is 25.8. The highest BCUT2D eigenvalue weighted by molar-refractivity contribution is 7.80. The Hall–Kier alpha value is -4.17. The van der Waals surface area contributed by atoms with Crippen molar-refractivity contribution in [1.82, 2.24) is 4.90 Å². The minimum absolute atomic E-state index is 0.201. The molecule has 0 N–H and O–H groups in total. The molecule has 0 aromatic heterocycles. The molecular formula is C28H26N2O5S. The van der Waals surface area contributed by atoms with Gasteiger partial charge < -0.3 is 19.1 Å². The van der Waals surface area contributed by atoms with E-state index in [1.807, 2.05) is 13.0 Å². The predicted molar refractivity (Wildman–Crippen MR) is 143 cm³/mol. The van der Waals surface area contributed by atoms with Crippen molar-refractivity contribution in [2.45, 2.75) is 6.92 Å². The molecule has 1 aliphatic rings. The van der Waals surface area contributed by atoms with E-state index in [0.29, 0.717) is 57.0 Å². The van der Waals surface area contributed by atoms with Gasteiger partial charge in [0, 0.05) is 24.2 Å². The molecule has 1 heterocycles. The summed E-state index contributed by atoms with van der Waals surface area (Å²) in [6.45, 7) is 2.46. The lowest BCUT2D eigenvalue weighted by molar-refractivity contribution is -0.114. The topological polar surface area (TPSA) is 68.3 Å². The smallest absolute Gasteiger partial charge is 0.281 e. The third-order valence-electron chi connectivity index (χ3n) is 5.79. The largest absolute Gasteiger partial charge is 0.496 e. The minimum atomic E-state index is -0.291. The maximum Gasteiger partial charge on any atom is 0.281 e. The Balaban J connectivity index is 1.75. The maximum absolute atomic E-state index is 13.5. The average Bonchev–Trinajstić information content (AvgIpc) is 3.12. The zero-order valence-electron chi connectivity index (χ0n) is 20.5. The third kappa shape index (κ3) is 4.67. The lowest BCUT2D eigenvalue weighted by atomic mass is 9.99. The molecule has 3 aromatic carbocycles. The van der Waals surface area contributed by atoms with Crippen molar-refractivity contribution in [3.05, 3.63) is 89.1 Å².